The Hall–Kier alpha value is -3.43. The first-order valence-electron chi connectivity index (χ1n) is 7.88. The van der Waals surface area contributed by atoms with Crippen LogP contribution in [0.25, 0.3) is 27.8 Å². The Kier molecular flexibility index (Phi) is 3.83. The van der Waals surface area contributed by atoms with E-state index < -0.39 is 16.0 Å². The molecule has 2 aromatic carbocycles. The minimum absolute atomic E-state index is 0.0366. The van der Waals surface area contributed by atoms with E-state index in [9.17, 15) is 18.3 Å². The van der Waals surface area contributed by atoms with Gasteiger partial charge in [0.2, 0.25) is 10.0 Å². The minimum Gasteiger partial charge on any atom is -0.476 e. The van der Waals surface area contributed by atoms with Crippen LogP contribution in [-0.2, 0) is 10.0 Å². The molecule has 2 heterocycles. The molecule has 4 rings (SSSR count). The summed E-state index contributed by atoms with van der Waals surface area (Å²) in [6, 6.07) is 14.9. The van der Waals surface area contributed by atoms with E-state index in [1.54, 1.807) is 6.20 Å². The molecule has 0 aliphatic heterocycles. The number of nitrogens with zero attached hydrogens (tertiary/aromatic N) is 2. The third-order valence-electron chi connectivity index (χ3n) is 4.20. The second-order valence-electron chi connectivity index (χ2n) is 5.92. The highest BCUT2D eigenvalue weighted by Crippen LogP contribution is 2.31. The predicted molar refractivity (Wildman–Crippen MR) is 99.2 cm³/mol. The minimum atomic E-state index is -3.82. The van der Waals surface area contributed by atoms with Crippen LogP contribution in [0.15, 0.2) is 65.7 Å². The van der Waals surface area contributed by atoms with Crippen molar-refractivity contribution < 1.29 is 18.3 Å². The largest absolute Gasteiger partial charge is 0.476 e. The molecule has 0 saturated carbocycles. The number of aromatic carboxylic acids is 1. The van der Waals surface area contributed by atoms with Crippen LogP contribution in [0.3, 0.4) is 0 Å². The first-order chi connectivity index (χ1) is 12.8. The van der Waals surface area contributed by atoms with Crippen molar-refractivity contribution >= 4 is 26.9 Å². The van der Waals surface area contributed by atoms with Gasteiger partial charge in [-0.2, -0.15) is 5.10 Å². The summed E-state index contributed by atoms with van der Waals surface area (Å²) in [5, 5.41) is 19.5. The molecule has 2 aromatic heterocycles. The fourth-order valence-electron chi connectivity index (χ4n) is 2.93. The first-order valence-corrected chi connectivity index (χ1v) is 9.42. The lowest BCUT2D eigenvalue weighted by Gasteiger charge is -2.08. The number of rotatable bonds is 4. The van der Waals surface area contributed by atoms with E-state index in [0.29, 0.717) is 11.4 Å². The Morgan fingerprint density at radius 1 is 1.11 bits per heavy atom. The molecular weight excluding hydrogens is 368 g/mol. The molecule has 27 heavy (non-hydrogen) atoms. The highest BCUT2D eigenvalue weighted by molar-refractivity contribution is 7.89. The molecule has 0 aliphatic carbocycles. The number of primary sulfonamides is 1. The van der Waals surface area contributed by atoms with Gasteiger partial charge in [0.05, 0.1) is 16.3 Å². The lowest BCUT2D eigenvalue weighted by molar-refractivity contribution is 0.0690. The summed E-state index contributed by atoms with van der Waals surface area (Å²) in [6.45, 7) is 0. The van der Waals surface area contributed by atoms with Crippen LogP contribution >= 0.6 is 0 Å². The van der Waals surface area contributed by atoms with Crippen molar-refractivity contribution in [1.29, 1.82) is 0 Å². The monoisotopic (exact) mass is 382 g/mol. The Labute approximate surface area is 153 Å². The van der Waals surface area contributed by atoms with E-state index in [0.717, 1.165) is 16.5 Å². The number of nitrogens with two attached hydrogens (primary N) is 1. The number of aromatic amines is 1. The van der Waals surface area contributed by atoms with Crippen molar-refractivity contribution in [2.75, 3.05) is 0 Å². The van der Waals surface area contributed by atoms with E-state index in [2.05, 4.69) is 10.1 Å². The fourth-order valence-corrected chi connectivity index (χ4v) is 3.45. The SMILES string of the molecule is NS(=O)(=O)c1ccc(-n2nc(C(=O)O)cc2-c2c[nH]c3ccccc23)cc1. The average Bonchev–Trinajstić information content (AvgIpc) is 3.25. The van der Waals surface area contributed by atoms with E-state index in [1.165, 1.54) is 35.0 Å². The second kappa shape index (κ2) is 6.08. The molecule has 4 N–H and O–H groups in total. The summed E-state index contributed by atoms with van der Waals surface area (Å²) < 4.78 is 24.4. The summed E-state index contributed by atoms with van der Waals surface area (Å²) in [5.41, 5.74) is 2.64. The van der Waals surface area contributed by atoms with Crippen molar-refractivity contribution in [1.82, 2.24) is 14.8 Å². The standard InChI is InChI=1S/C18H14N4O4S/c19-27(25,26)12-7-5-11(6-8-12)22-17(9-16(21-22)18(23)24)14-10-20-15-4-2-1-3-13(14)15/h1-10,20H,(H,23,24)(H2,19,25,26). The first kappa shape index (κ1) is 17.0. The molecule has 0 radical (unpaired) electrons. The lowest BCUT2D eigenvalue weighted by atomic mass is 10.1. The van der Waals surface area contributed by atoms with Gasteiger partial charge >= 0.3 is 5.97 Å². The van der Waals surface area contributed by atoms with Crippen LogP contribution in [0.2, 0.25) is 0 Å². The molecule has 0 saturated heterocycles. The zero-order valence-corrected chi connectivity index (χ0v) is 14.6. The van der Waals surface area contributed by atoms with Gasteiger partial charge < -0.3 is 10.1 Å². The number of para-hydroxylation sites is 1. The lowest BCUT2D eigenvalue weighted by Crippen LogP contribution is -2.12. The van der Waals surface area contributed by atoms with Crippen molar-refractivity contribution in [3.63, 3.8) is 0 Å². The normalized spacial score (nSPS) is 11.7. The van der Waals surface area contributed by atoms with Gasteiger partial charge in [-0.3, -0.25) is 0 Å². The smallest absolute Gasteiger partial charge is 0.356 e. The molecule has 0 unspecified atom stereocenters. The highest BCUT2D eigenvalue weighted by Gasteiger charge is 2.19. The van der Waals surface area contributed by atoms with Crippen molar-refractivity contribution in [3.05, 3.63) is 66.5 Å². The number of hydrogen-bond acceptors (Lipinski definition) is 4. The average molecular weight is 382 g/mol. The number of fused-ring (bicyclic) bond motifs is 1. The summed E-state index contributed by atoms with van der Waals surface area (Å²) in [4.78, 5) is 14.5. The topological polar surface area (TPSA) is 131 Å². The molecule has 4 aromatic rings. The van der Waals surface area contributed by atoms with Crippen molar-refractivity contribution in [2.45, 2.75) is 4.90 Å². The molecular formula is C18H14N4O4S. The Bertz CT molecular complexity index is 1270. The van der Waals surface area contributed by atoms with Crippen LogP contribution in [0.4, 0.5) is 0 Å². The maximum absolute atomic E-state index is 11.4. The summed E-state index contributed by atoms with van der Waals surface area (Å²) in [5.74, 6) is -1.16. The third-order valence-corrected chi connectivity index (χ3v) is 5.13. The molecule has 8 nitrogen and oxygen atoms in total. The number of benzene rings is 2. The van der Waals surface area contributed by atoms with Crippen LogP contribution in [0, 0.1) is 0 Å². The number of nitrogens with one attached hydrogen (secondary N) is 1. The van der Waals surface area contributed by atoms with Gasteiger partial charge in [-0.05, 0) is 36.4 Å². The number of H-pyrrole nitrogens is 1. The maximum Gasteiger partial charge on any atom is 0.356 e. The summed E-state index contributed by atoms with van der Waals surface area (Å²) in [7, 11) is -3.82. The van der Waals surface area contributed by atoms with Gasteiger partial charge in [0.15, 0.2) is 5.69 Å². The molecule has 0 spiro atoms. The van der Waals surface area contributed by atoms with Gasteiger partial charge in [0.25, 0.3) is 0 Å². The predicted octanol–water partition coefficient (Wildman–Crippen LogP) is 2.37. The van der Waals surface area contributed by atoms with Gasteiger partial charge in [-0.1, -0.05) is 18.2 Å². The molecule has 0 amide bonds. The number of carboxylic acid groups (broad SMARTS) is 1. The molecule has 0 aliphatic rings. The van der Waals surface area contributed by atoms with Gasteiger partial charge in [0.1, 0.15) is 0 Å². The highest BCUT2D eigenvalue weighted by atomic mass is 32.2. The fraction of sp³-hybridized carbons (Fsp3) is 0. The number of carboxylic acids is 1. The zero-order valence-electron chi connectivity index (χ0n) is 13.8. The number of carbonyl (C=O) groups is 1. The van der Waals surface area contributed by atoms with Gasteiger partial charge in [-0.25, -0.2) is 23.0 Å². The van der Waals surface area contributed by atoms with Crippen LogP contribution in [0.1, 0.15) is 10.5 Å². The van der Waals surface area contributed by atoms with Gasteiger partial charge in [-0.15, -0.1) is 0 Å². The van der Waals surface area contributed by atoms with Crippen LogP contribution in [-0.4, -0.2) is 34.3 Å². The third kappa shape index (κ3) is 2.98. The number of aromatic nitrogens is 3. The number of hydrogen-bond donors (Lipinski definition) is 3. The molecule has 0 atom stereocenters. The Balaban J connectivity index is 1.92. The van der Waals surface area contributed by atoms with E-state index >= 15 is 0 Å². The van der Waals surface area contributed by atoms with E-state index in [4.69, 9.17) is 5.14 Å². The molecule has 9 heteroatoms. The van der Waals surface area contributed by atoms with Crippen LogP contribution in [0.5, 0.6) is 0 Å². The zero-order chi connectivity index (χ0) is 19.2. The van der Waals surface area contributed by atoms with Crippen molar-refractivity contribution in [2.24, 2.45) is 5.14 Å². The van der Waals surface area contributed by atoms with E-state index in [-0.39, 0.29) is 10.6 Å². The van der Waals surface area contributed by atoms with Gasteiger partial charge in [0, 0.05) is 22.7 Å². The second-order valence-corrected chi connectivity index (χ2v) is 7.48. The molecule has 0 fully saturated rings. The quantitative estimate of drug-likeness (QED) is 0.499. The van der Waals surface area contributed by atoms with E-state index in [1.807, 2.05) is 24.3 Å². The number of sulfonamides is 1. The Morgan fingerprint density at radius 3 is 2.48 bits per heavy atom. The van der Waals surface area contributed by atoms with Crippen molar-refractivity contribution in [3.8, 4) is 16.9 Å². The maximum atomic E-state index is 11.4. The Morgan fingerprint density at radius 2 is 1.81 bits per heavy atom. The van der Waals surface area contributed by atoms with Crippen LogP contribution < -0.4 is 5.14 Å². The molecule has 136 valence electrons. The molecule has 0 bridgehead atoms. The summed E-state index contributed by atoms with van der Waals surface area (Å²) in [6.07, 6.45) is 1.78. The summed E-state index contributed by atoms with van der Waals surface area (Å²) >= 11 is 0.